The summed E-state index contributed by atoms with van der Waals surface area (Å²) in [5.74, 6) is -0.694. The monoisotopic (exact) mass is 286 g/mol. The van der Waals surface area contributed by atoms with Gasteiger partial charge in [0.05, 0.1) is 0 Å². The fraction of sp³-hybridized carbons (Fsp3) is 0.636. The first-order valence-electron chi connectivity index (χ1n) is 5.22. The summed E-state index contributed by atoms with van der Waals surface area (Å²) in [5.41, 5.74) is -6.42. The molecule has 0 fully saturated rings. The Morgan fingerprint density at radius 1 is 1.39 bits per heavy atom. The summed E-state index contributed by atoms with van der Waals surface area (Å²) in [7, 11) is -5.66. The highest BCUT2D eigenvalue weighted by Gasteiger charge is 2.50. The summed E-state index contributed by atoms with van der Waals surface area (Å²) in [6.07, 6.45) is 2.11. The Morgan fingerprint density at radius 2 is 1.83 bits per heavy atom. The minimum atomic E-state index is -5.66. The Balaban J connectivity index is 5.16. The van der Waals surface area contributed by atoms with Crippen LogP contribution in [0.15, 0.2) is 25.0 Å². The van der Waals surface area contributed by atoms with Crippen molar-refractivity contribution < 1.29 is 25.8 Å². The van der Waals surface area contributed by atoms with Gasteiger partial charge < -0.3 is 4.18 Å². The summed E-state index contributed by atoms with van der Waals surface area (Å²) in [4.78, 5) is 0. The molecule has 0 saturated carbocycles. The molecule has 7 heteroatoms. The molecule has 1 unspecified atom stereocenters. The van der Waals surface area contributed by atoms with Gasteiger partial charge in [0.25, 0.3) is 0 Å². The molecule has 0 spiro atoms. The Kier molecular flexibility index (Phi) is 5.05. The van der Waals surface area contributed by atoms with Crippen molar-refractivity contribution in [3.05, 3.63) is 25.0 Å². The zero-order valence-corrected chi connectivity index (χ0v) is 11.4. The fourth-order valence-electron chi connectivity index (χ4n) is 1.47. The molecule has 0 radical (unpaired) electrons. The largest absolute Gasteiger partial charge is 0.534 e. The van der Waals surface area contributed by atoms with Crippen LogP contribution in [0, 0.1) is 11.3 Å². The van der Waals surface area contributed by atoms with Crippen LogP contribution in [-0.2, 0) is 14.3 Å². The molecule has 0 bridgehead atoms. The van der Waals surface area contributed by atoms with Crippen molar-refractivity contribution in [2.75, 3.05) is 0 Å². The number of hydrogen-bond donors (Lipinski definition) is 0. The van der Waals surface area contributed by atoms with Crippen LogP contribution in [0.4, 0.5) is 13.2 Å². The Bertz CT molecular complexity index is 421. The molecule has 0 aliphatic rings. The second-order valence-electron chi connectivity index (χ2n) is 4.38. The molecule has 0 aromatic carbocycles. The van der Waals surface area contributed by atoms with Crippen molar-refractivity contribution >= 4 is 10.1 Å². The molecule has 0 N–H and O–H groups in total. The third-order valence-electron chi connectivity index (χ3n) is 2.86. The van der Waals surface area contributed by atoms with Gasteiger partial charge in [-0.05, 0) is 12.3 Å². The second kappa shape index (κ2) is 5.34. The number of rotatable bonds is 6. The zero-order valence-electron chi connectivity index (χ0n) is 10.5. The average molecular weight is 286 g/mol. The van der Waals surface area contributed by atoms with Crippen molar-refractivity contribution in [1.82, 2.24) is 0 Å². The van der Waals surface area contributed by atoms with Crippen LogP contribution in [0.2, 0.25) is 0 Å². The van der Waals surface area contributed by atoms with Crippen LogP contribution in [0.1, 0.15) is 27.2 Å². The van der Waals surface area contributed by atoms with Crippen LogP contribution in [0.3, 0.4) is 0 Å². The van der Waals surface area contributed by atoms with E-state index < -0.39 is 26.8 Å². The number of hydrogen-bond acceptors (Lipinski definition) is 3. The maximum Gasteiger partial charge on any atom is 0.534 e. The normalized spacial score (nSPS) is 15.0. The Hall–Kier alpha value is -0.980. The molecule has 0 amide bonds. The lowest BCUT2D eigenvalue weighted by Crippen LogP contribution is -2.31. The van der Waals surface area contributed by atoms with E-state index in [4.69, 9.17) is 0 Å². The molecule has 0 heterocycles. The Labute approximate surface area is 105 Å². The molecule has 1 atom stereocenters. The Morgan fingerprint density at radius 3 is 2.11 bits per heavy atom. The summed E-state index contributed by atoms with van der Waals surface area (Å²) in [6, 6.07) is 0. The molecule has 0 aromatic heterocycles. The molecule has 0 aliphatic heterocycles. The van der Waals surface area contributed by atoms with E-state index in [1.165, 1.54) is 6.08 Å². The molecule has 0 aliphatic carbocycles. The number of halogens is 3. The van der Waals surface area contributed by atoms with Gasteiger partial charge in [0.2, 0.25) is 0 Å². The van der Waals surface area contributed by atoms with E-state index in [9.17, 15) is 21.6 Å². The molecular weight excluding hydrogens is 269 g/mol. The van der Waals surface area contributed by atoms with Gasteiger partial charge in [0, 0.05) is 5.41 Å². The maximum absolute atomic E-state index is 12.2. The topological polar surface area (TPSA) is 43.4 Å². The van der Waals surface area contributed by atoms with E-state index in [1.54, 1.807) is 20.8 Å². The third-order valence-corrected chi connectivity index (χ3v) is 3.85. The van der Waals surface area contributed by atoms with Crippen molar-refractivity contribution in [2.24, 2.45) is 11.3 Å². The van der Waals surface area contributed by atoms with Crippen molar-refractivity contribution in [2.45, 2.75) is 32.7 Å². The lowest BCUT2D eigenvalue weighted by molar-refractivity contribution is -0.0534. The minimum Gasteiger partial charge on any atom is -0.381 e. The quantitative estimate of drug-likeness (QED) is 0.324. The van der Waals surface area contributed by atoms with Crippen molar-refractivity contribution in [3.63, 3.8) is 0 Å². The fourth-order valence-corrected chi connectivity index (χ4v) is 2.04. The van der Waals surface area contributed by atoms with Gasteiger partial charge in [-0.15, -0.1) is 6.58 Å². The third kappa shape index (κ3) is 3.51. The highest BCUT2D eigenvalue weighted by Crippen LogP contribution is 2.39. The van der Waals surface area contributed by atoms with Gasteiger partial charge in [-0.2, -0.15) is 21.6 Å². The molecule has 3 nitrogen and oxygen atoms in total. The summed E-state index contributed by atoms with van der Waals surface area (Å²) < 4.78 is 62.3. The van der Waals surface area contributed by atoms with Gasteiger partial charge in [0.15, 0.2) is 0 Å². The van der Waals surface area contributed by atoms with E-state index >= 15 is 0 Å². The summed E-state index contributed by atoms with van der Waals surface area (Å²) in [6.45, 7) is 11.8. The first kappa shape index (κ1) is 17.0. The highest BCUT2D eigenvalue weighted by atomic mass is 32.2. The van der Waals surface area contributed by atoms with Crippen molar-refractivity contribution in [1.29, 1.82) is 0 Å². The minimum absolute atomic E-state index is 0.242. The molecular formula is C11H17F3O3S. The molecule has 0 aromatic rings. The average Bonchev–Trinajstić information content (AvgIpc) is 2.16. The second-order valence-corrected chi connectivity index (χ2v) is 5.92. The van der Waals surface area contributed by atoms with Gasteiger partial charge in [0.1, 0.15) is 5.76 Å². The lowest BCUT2D eigenvalue weighted by Gasteiger charge is -2.32. The zero-order chi connectivity index (χ0) is 14.8. The van der Waals surface area contributed by atoms with E-state index in [0.717, 1.165) is 0 Å². The van der Waals surface area contributed by atoms with Crippen LogP contribution in [0.25, 0.3) is 0 Å². The standard InChI is InChI=1S/C11H17F3O3S/c1-6-9(7-2)10(4,5)8(3)17-18(15,16)11(12,13)14/h6,9H,1,3,7H2,2,4-5H3. The lowest BCUT2D eigenvalue weighted by atomic mass is 9.76. The van der Waals surface area contributed by atoms with E-state index in [0.29, 0.717) is 6.42 Å². The highest BCUT2D eigenvalue weighted by molar-refractivity contribution is 7.87. The molecule has 18 heavy (non-hydrogen) atoms. The van der Waals surface area contributed by atoms with Crippen LogP contribution < -0.4 is 0 Å². The van der Waals surface area contributed by atoms with E-state index in [-0.39, 0.29) is 5.92 Å². The number of alkyl halides is 3. The van der Waals surface area contributed by atoms with Crippen LogP contribution in [-0.4, -0.2) is 13.9 Å². The van der Waals surface area contributed by atoms with Gasteiger partial charge >= 0.3 is 15.6 Å². The molecule has 0 saturated heterocycles. The number of allylic oxidation sites excluding steroid dienone is 2. The molecule has 0 rings (SSSR count). The van der Waals surface area contributed by atoms with Gasteiger partial charge in [-0.3, -0.25) is 0 Å². The SMILES string of the molecule is C=CC(CC)C(C)(C)C(=C)OS(=O)(=O)C(F)(F)F. The van der Waals surface area contributed by atoms with Gasteiger partial charge in [-0.1, -0.05) is 33.4 Å². The van der Waals surface area contributed by atoms with Crippen LogP contribution >= 0.6 is 0 Å². The predicted octanol–water partition coefficient (Wildman–Crippen LogP) is 3.60. The first-order valence-corrected chi connectivity index (χ1v) is 6.63. The van der Waals surface area contributed by atoms with Gasteiger partial charge in [-0.25, -0.2) is 0 Å². The molecule has 106 valence electrons. The van der Waals surface area contributed by atoms with E-state index in [1.807, 2.05) is 0 Å². The maximum atomic E-state index is 12.2. The smallest absolute Gasteiger partial charge is 0.381 e. The van der Waals surface area contributed by atoms with Crippen LogP contribution in [0.5, 0.6) is 0 Å². The van der Waals surface area contributed by atoms with Crippen molar-refractivity contribution in [3.8, 4) is 0 Å². The summed E-state index contributed by atoms with van der Waals surface area (Å²) >= 11 is 0. The van der Waals surface area contributed by atoms with E-state index in [2.05, 4.69) is 17.3 Å². The first-order chi connectivity index (χ1) is 7.90. The predicted molar refractivity (Wildman–Crippen MR) is 63.0 cm³/mol. The summed E-state index contributed by atoms with van der Waals surface area (Å²) in [5, 5.41) is 0.